The van der Waals surface area contributed by atoms with Crippen molar-refractivity contribution >= 4 is 40.9 Å². The number of hydrogen-bond acceptors (Lipinski definition) is 7. The van der Waals surface area contributed by atoms with Gasteiger partial charge in [-0.05, 0) is 42.3 Å². The van der Waals surface area contributed by atoms with Crippen LogP contribution < -0.4 is 20.1 Å². The van der Waals surface area contributed by atoms with Gasteiger partial charge in [0.25, 0.3) is 5.91 Å². The standard InChI is InChI=1S/C26H27Cl2N3O5/c1-34-19-11-13-30-23(16-19)29-12-4-14-36-18-9-7-17(8-10-18)15-22(26(33)35-2)31-25(32)24-20(27)5-3-6-21(24)28/h3,5-11,13,16,22H,4,12,14-15H2,1-2H3,(H,29,30)(H,31,32). The smallest absolute Gasteiger partial charge is 0.328 e. The first-order valence-corrected chi connectivity index (χ1v) is 11.9. The number of nitrogens with one attached hydrogen (secondary N) is 2. The molecule has 1 unspecified atom stereocenters. The van der Waals surface area contributed by atoms with Gasteiger partial charge < -0.3 is 24.8 Å². The van der Waals surface area contributed by atoms with Crippen LogP contribution in [0.1, 0.15) is 22.3 Å². The number of benzene rings is 2. The number of pyridine rings is 1. The van der Waals surface area contributed by atoms with E-state index in [0.717, 1.165) is 23.6 Å². The number of methoxy groups -OCH3 is 2. The van der Waals surface area contributed by atoms with Crippen LogP contribution in [0.4, 0.5) is 5.82 Å². The first kappa shape index (κ1) is 27.1. The first-order chi connectivity index (χ1) is 17.4. The summed E-state index contributed by atoms with van der Waals surface area (Å²) in [6, 6.07) is 14.7. The monoisotopic (exact) mass is 531 g/mol. The average molecular weight is 532 g/mol. The maximum Gasteiger partial charge on any atom is 0.328 e. The zero-order chi connectivity index (χ0) is 25.9. The second-order valence-electron chi connectivity index (χ2n) is 7.70. The van der Waals surface area contributed by atoms with Gasteiger partial charge in [-0.1, -0.05) is 41.4 Å². The molecule has 0 saturated carbocycles. The number of ether oxygens (including phenoxy) is 3. The summed E-state index contributed by atoms with van der Waals surface area (Å²) in [7, 11) is 2.88. The van der Waals surface area contributed by atoms with Crippen LogP contribution in [0.15, 0.2) is 60.8 Å². The maximum atomic E-state index is 12.7. The Hall–Kier alpha value is -3.49. The van der Waals surface area contributed by atoms with Crippen LogP contribution >= 0.6 is 23.2 Å². The van der Waals surface area contributed by atoms with Crippen molar-refractivity contribution < 1.29 is 23.8 Å². The quantitative estimate of drug-likeness (QED) is 0.256. The molecule has 190 valence electrons. The number of anilines is 1. The van der Waals surface area contributed by atoms with Crippen molar-refractivity contribution in [1.82, 2.24) is 10.3 Å². The van der Waals surface area contributed by atoms with Crippen molar-refractivity contribution in [3.63, 3.8) is 0 Å². The van der Waals surface area contributed by atoms with Crippen molar-refractivity contribution in [1.29, 1.82) is 0 Å². The summed E-state index contributed by atoms with van der Waals surface area (Å²) in [5, 5.41) is 6.27. The number of nitrogens with zero attached hydrogens (tertiary/aromatic N) is 1. The number of carbonyl (C=O) groups excluding carboxylic acids is 2. The van der Waals surface area contributed by atoms with E-state index in [1.165, 1.54) is 7.11 Å². The number of halogens is 2. The molecule has 1 atom stereocenters. The van der Waals surface area contributed by atoms with Crippen molar-refractivity contribution in [3.8, 4) is 11.5 Å². The van der Waals surface area contributed by atoms with Crippen LogP contribution in [-0.2, 0) is 16.0 Å². The highest BCUT2D eigenvalue weighted by atomic mass is 35.5. The Labute approximate surface area is 219 Å². The molecule has 0 fully saturated rings. The van der Waals surface area contributed by atoms with Gasteiger partial charge in [0.05, 0.1) is 36.4 Å². The number of aromatic nitrogens is 1. The summed E-state index contributed by atoms with van der Waals surface area (Å²) in [5.41, 5.74) is 0.921. The number of amides is 1. The van der Waals surface area contributed by atoms with Crippen LogP contribution in [0.5, 0.6) is 11.5 Å². The SMILES string of the molecule is COC(=O)C(Cc1ccc(OCCCNc2cc(OC)ccn2)cc1)NC(=O)c1c(Cl)cccc1Cl. The highest BCUT2D eigenvalue weighted by Crippen LogP contribution is 2.24. The Morgan fingerprint density at radius 1 is 1.00 bits per heavy atom. The predicted octanol–water partition coefficient (Wildman–Crippen LogP) is 4.79. The summed E-state index contributed by atoms with van der Waals surface area (Å²) in [6.45, 7) is 1.20. The highest BCUT2D eigenvalue weighted by molar-refractivity contribution is 6.39. The lowest BCUT2D eigenvalue weighted by molar-refractivity contribution is -0.142. The molecule has 3 rings (SSSR count). The lowest BCUT2D eigenvalue weighted by Crippen LogP contribution is -2.43. The van der Waals surface area contributed by atoms with Crippen molar-refractivity contribution in [2.24, 2.45) is 0 Å². The largest absolute Gasteiger partial charge is 0.497 e. The van der Waals surface area contributed by atoms with E-state index in [1.54, 1.807) is 37.6 Å². The zero-order valence-electron chi connectivity index (χ0n) is 19.9. The molecule has 2 N–H and O–H groups in total. The van der Waals surface area contributed by atoms with Gasteiger partial charge in [-0.3, -0.25) is 4.79 Å². The molecule has 0 bridgehead atoms. The van der Waals surface area contributed by atoms with Gasteiger partial charge in [-0.15, -0.1) is 0 Å². The molecule has 1 heterocycles. The molecule has 1 amide bonds. The fourth-order valence-electron chi connectivity index (χ4n) is 3.35. The molecule has 10 heteroatoms. The first-order valence-electron chi connectivity index (χ1n) is 11.2. The van der Waals surface area contributed by atoms with Crippen LogP contribution in [0.2, 0.25) is 10.0 Å². The summed E-state index contributed by atoms with van der Waals surface area (Å²) >= 11 is 12.2. The van der Waals surface area contributed by atoms with E-state index in [9.17, 15) is 9.59 Å². The van der Waals surface area contributed by atoms with E-state index >= 15 is 0 Å². The van der Waals surface area contributed by atoms with Gasteiger partial charge in [0, 0.05) is 25.2 Å². The molecule has 2 aromatic carbocycles. The second kappa shape index (κ2) is 13.6. The van der Waals surface area contributed by atoms with E-state index in [0.29, 0.717) is 18.9 Å². The van der Waals surface area contributed by atoms with Crippen LogP contribution in [-0.4, -0.2) is 50.3 Å². The molecular weight excluding hydrogens is 505 g/mol. The van der Waals surface area contributed by atoms with Gasteiger partial charge in [0.1, 0.15) is 23.4 Å². The Kier molecular flexibility index (Phi) is 10.2. The highest BCUT2D eigenvalue weighted by Gasteiger charge is 2.25. The molecule has 8 nitrogen and oxygen atoms in total. The van der Waals surface area contributed by atoms with Crippen LogP contribution in [0.25, 0.3) is 0 Å². The van der Waals surface area contributed by atoms with E-state index < -0.39 is 17.9 Å². The lowest BCUT2D eigenvalue weighted by Gasteiger charge is -2.18. The molecule has 0 spiro atoms. The van der Waals surface area contributed by atoms with Gasteiger partial charge in [-0.2, -0.15) is 0 Å². The van der Waals surface area contributed by atoms with Crippen molar-refractivity contribution in [3.05, 3.63) is 82.0 Å². The minimum absolute atomic E-state index is 0.107. The predicted molar refractivity (Wildman–Crippen MR) is 139 cm³/mol. The van der Waals surface area contributed by atoms with Crippen molar-refractivity contribution in [2.45, 2.75) is 18.9 Å². The number of rotatable bonds is 12. The fourth-order valence-corrected chi connectivity index (χ4v) is 3.92. The molecule has 1 aromatic heterocycles. The molecule has 0 aliphatic carbocycles. The minimum Gasteiger partial charge on any atom is -0.497 e. The van der Waals surface area contributed by atoms with E-state index in [1.807, 2.05) is 30.3 Å². The summed E-state index contributed by atoms with van der Waals surface area (Å²) < 4.78 is 15.8. The van der Waals surface area contributed by atoms with Gasteiger partial charge in [0.15, 0.2) is 0 Å². The zero-order valence-corrected chi connectivity index (χ0v) is 21.4. The lowest BCUT2D eigenvalue weighted by atomic mass is 10.0. The van der Waals surface area contributed by atoms with Gasteiger partial charge >= 0.3 is 5.97 Å². The van der Waals surface area contributed by atoms with E-state index in [2.05, 4.69) is 15.6 Å². The van der Waals surface area contributed by atoms with Gasteiger partial charge in [-0.25, -0.2) is 9.78 Å². The fraction of sp³-hybridized carbons (Fsp3) is 0.269. The summed E-state index contributed by atoms with van der Waals surface area (Å²) in [6.07, 6.45) is 2.67. The average Bonchev–Trinajstić information content (AvgIpc) is 2.88. The Morgan fingerprint density at radius 2 is 1.72 bits per heavy atom. The Balaban J connectivity index is 1.50. The molecule has 0 aliphatic heterocycles. The minimum atomic E-state index is -0.919. The number of carbonyl (C=O) groups is 2. The molecule has 36 heavy (non-hydrogen) atoms. The van der Waals surface area contributed by atoms with Gasteiger partial charge in [0.2, 0.25) is 0 Å². The third kappa shape index (κ3) is 7.76. The second-order valence-corrected chi connectivity index (χ2v) is 8.52. The third-order valence-electron chi connectivity index (χ3n) is 5.21. The normalized spacial score (nSPS) is 11.3. The van der Waals surface area contributed by atoms with E-state index in [4.69, 9.17) is 37.4 Å². The van der Waals surface area contributed by atoms with E-state index in [-0.39, 0.29) is 22.0 Å². The van der Waals surface area contributed by atoms with Crippen LogP contribution in [0.3, 0.4) is 0 Å². The summed E-state index contributed by atoms with van der Waals surface area (Å²) in [4.78, 5) is 29.3. The van der Waals surface area contributed by atoms with Crippen LogP contribution in [0, 0.1) is 0 Å². The Morgan fingerprint density at radius 3 is 2.39 bits per heavy atom. The maximum absolute atomic E-state index is 12.7. The molecule has 0 radical (unpaired) electrons. The molecule has 0 aliphatic rings. The molecule has 3 aromatic rings. The third-order valence-corrected chi connectivity index (χ3v) is 5.84. The summed E-state index contributed by atoms with van der Waals surface area (Å²) in [5.74, 6) is 1.04. The molecule has 0 saturated heterocycles. The topological polar surface area (TPSA) is 98.8 Å². The molecular formula is C26H27Cl2N3O5. The number of hydrogen-bond donors (Lipinski definition) is 2. The number of esters is 1. The van der Waals surface area contributed by atoms with Crippen molar-refractivity contribution in [2.75, 3.05) is 32.7 Å². The Bertz CT molecular complexity index is 1150.